The number of rotatable bonds is 4. The van der Waals surface area contributed by atoms with Gasteiger partial charge in [0, 0.05) is 19.0 Å². The van der Waals surface area contributed by atoms with Gasteiger partial charge in [-0.05, 0) is 43.2 Å². The number of hydrogen-bond acceptors (Lipinski definition) is 5. The van der Waals surface area contributed by atoms with E-state index in [1.54, 1.807) is 6.20 Å². The van der Waals surface area contributed by atoms with Crippen LogP contribution in [0.3, 0.4) is 0 Å². The van der Waals surface area contributed by atoms with E-state index in [2.05, 4.69) is 4.98 Å². The highest BCUT2D eigenvalue weighted by atomic mass is 32.2. The molecular weight excluding hydrogens is 409 g/mol. The van der Waals surface area contributed by atoms with Gasteiger partial charge in [0.2, 0.25) is 0 Å². The predicted molar refractivity (Wildman–Crippen MR) is 98.2 cm³/mol. The van der Waals surface area contributed by atoms with Crippen LogP contribution in [0.1, 0.15) is 34.1 Å². The largest absolute Gasteiger partial charge is 0.480 e. The number of pyridine rings is 1. The molecule has 0 saturated heterocycles. The van der Waals surface area contributed by atoms with Gasteiger partial charge in [0.05, 0.1) is 22.7 Å². The van der Waals surface area contributed by atoms with Crippen LogP contribution in [0.15, 0.2) is 35.4 Å². The Kier molecular flexibility index (Phi) is 5.33. The summed E-state index contributed by atoms with van der Waals surface area (Å²) in [6, 6.07) is 5.13. The van der Waals surface area contributed by atoms with Crippen LogP contribution in [-0.4, -0.2) is 42.7 Å². The maximum atomic E-state index is 13.1. The number of carbonyl (C=O) groups excluding carboxylic acids is 1. The summed E-state index contributed by atoms with van der Waals surface area (Å²) in [5.41, 5.74) is 2.20. The number of sulfone groups is 1. The van der Waals surface area contributed by atoms with Crippen molar-refractivity contribution < 1.29 is 31.1 Å². The van der Waals surface area contributed by atoms with Crippen LogP contribution in [-0.2, 0) is 22.9 Å². The topological polar surface area (TPSA) is 76.6 Å². The number of ether oxygens (including phenoxy) is 1. The first-order valence-electron chi connectivity index (χ1n) is 8.67. The van der Waals surface area contributed by atoms with E-state index in [9.17, 15) is 26.4 Å². The summed E-state index contributed by atoms with van der Waals surface area (Å²) in [6.45, 7) is 3.07. The second-order valence-corrected chi connectivity index (χ2v) is 9.03. The highest BCUT2D eigenvalue weighted by molar-refractivity contribution is 7.90. The quantitative estimate of drug-likeness (QED) is 0.747. The molecular formula is C19H19F3N2O4S. The molecule has 1 aliphatic rings. The van der Waals surface area contributed by atoms with E-state index in [1.807, 2.05) is 13.0 Å². The smallest absolute Gasteiger partial charge is 0.425 e. The third kappa shape index (κ3) is 4.52. The molecule has 0 saturated carbocycles. The van der Waals surface area contributed by atoms with E-state index < -0.39 is 28.0 Å². The maximum absolute atomic E-state index is 13.1. The lowest BCUT2D eigenvalue weighted by molar-refractivity contribution is -0.189. The van der Waals surface area contributed by atoms with Crippen LogP contribution < -0.4 is 4.74 Å². The molecule has 29 heavy (non-hydrogen) atoms. The SMILES string of the molecule is Cc1cnc2c(c1)CN(C(=O)c1cc(S(C)(=O)=O)ccc1O[C@@H](C)C(F)(F)F)C2. The van der Waals surface area contributed by atoms with Gasteiger partial charge in [-0.1, -0.05) is 6.07 Å². The Hall–Kier alpha value is -2.62. The number of amides is 1. The van der Waals surface area contributed by atoms with E-state index in [0.717, 1.165) is 42.5 Å². The lowest BCUT2D eigenvalue weighted by Crippen LogP contribution is -2.32. The molecule has 1 atom stereocenters. The number of aromatic nitrogens is 1. The van der Waals surface area contributed by atoms with Crippen LogP contribution in [0, 0.1) is 6.92 Å². The monoisotopic (exact) mass is 428 g/mol. The molecule has 156 valence electrons. The van der Waals surface area contributed by atoms with Crippen LogP contribution in [0.2, 0.25) is 0 Å². The fourth-order valence-corrected chi connectivity index (χ4v) is 3.61. The van der Waals surface area contributed by atoms with Crippen molar-refractivity contribution >= 4 is 15.7 Å². The van der Waals surface area contributed by atoms with Crippen LogP contribution in [0.25, 0.3) is 0 Å². The Bertz CT molecular complexity index is 1070. The number of halogens is 3. The van der Waals surface area contributed by atoms with Gasteiger partial charge >= 0.3 is 6.18 Å². The fraction of sp³-hybridized carbons (Fsp3) is 0.368. The minimum absolute atomic E-state index is 0.172. The summed E-state index contributed by atoms with van der Waals surface area (Å²) in [6.07, 6.45) is -4.19. The first-order chi connectivity index (χ1) is 13.4. The number of nitrogens with zero attached hydrogens (tertiary/aromatic N) is 2. The van der Waals surface area contributed by atoms with Gasteiger partial charge in [-0.3, -0.25) is 9.78 Å². The molecule has 1 aromatic heterocycles. The second-order valence-electron chi connectivity index (χ2n) is 7.01. The molecule has 0 aliphatic carbocycles. The van der Waals surface area contributed by atoms with Crippen molar-refractivity contribution in [1.82, 2.24) is 9.88 Å². The van der Waals surface area contributed by atoms with Crippen molar-refractivity contribution in [3.63, 3.8) is 0 Å². The van der Waals surface area contributed by atoms with Gasteiger partial charge in [0.25, 0.3) is 5.91 Å². The molecule has 0 radical (unpaired) electrons. The van der Waals surface area contributed by atoms with Gasteiger partial charge in [0.1, 0.15) is 5.75 Å². The highest BCUT2D eigenvalue weighted by Gasteiger charge is 2.39. The Morgan fingerprint density at radius 1 is 1.24 bits per heavy atom. The summed E-state index contributed by atoms with van der Waals surface area (Å²) in [5.74, 6) is -0.956. The third-order valence-electron chi connectivity index (χ3n) is 4.56. The molecule has 0 unspecified atom stereocenters. The summed E-state index contributed by atoms with van der Waals surface area (Å²) < 4.78 is 67.5. The van der Waals surface area contributed by atoms with Gasteiger partial charge in [0.15, 0.2) is 15.9 Å². The minimum atomic E-state index is -4.64. The lowest BCUT2D eigenvalue weighted by atomic mass is 10.1. The summed E-state index contributed by atoms with van der Waals surface area (Å²) in [4.78, 5) is 18.6. The fourth-order valence-electron chi connectivity index (χ4n) is 2.96. The van der Waals surface area contributed by atoms with E-state index in [4.69, 9.17) is 4.74 Å². The zero-order valence-electron chi connectivity index (χ0n) is 15.9. The second kappa shape index (κ2) is 7.33. The summed E-state index contributed by atoms with van der Waals surface area (Å²) in [7, 11) is -3.68. The zero-order chi connectivity index (χ0) is 21.6. The molecule has 1 aromatic carbocycles. The Morgan fingerprint density at radius 3 is 2.55 bits per heavy atom. The Labute approximate surface area is 166 Å². The van der Waals surface area contributed by atoms with Gasteiger partial charge in [-0.15, -0.1) is 0 Å². The molecule has 3 rings (SSSR count). The van der Waals surface area contributed by atoms with Gasteiger partial charge in [-0.25, -0.2) is 8.42 Å². The van der Waals surface area contributed by atoms with Crippen LogP contribution in [0.4, 0.5) is 13.2 Å². The van der Waals surface area contributed by atoms with Crippen LogP contribution >= 0.6 is 0 Å². The molecule has 2 heterocycles. The zero-order valence-corrected chi connectivity index (χ0v) is 16.8. The number of aryl methyl sites for hydroxylation is 1. The van der Waals surface area contributed by atoms with E-state index in [0.29, 0.717) is 5.69 Å². The van der Waals surface area contributed by atoms with Crippen molar-refractivity contribution in [1.29, 1.82) is 0 Å². The standard InChI is InChI=1S/C19H19F3N2O4S/c1-11-6-13-9-24(10-16(13)23-8-11)18(25)15-7-14(29(3,26)27)4-5-17(15)28-12(2)19(20,21)22/h4-8,12H,9-10H2,1-3H3/t12-/m0/s1. The average molecular weight is 428 g/mol. The molecule has 0 N–H and O–H groups in total. The average Bonchev–Trinajstić information content (AvgIpc) is 3.02. The van der Waals surface area contributed by atoms with Crippen molar-refractivity contribution in [3.8, 4) is 5.75 Å². The predicted octanol–water partition coefficient (Wildman–Crippen LogP) is 3.28. The molecule has 6 nitrogen and oxygen atoms in total. The Balaban J connectivity index is 1.98. The molecule has 2 aromatic rings. The number of hydrogen-bond donors (Lipinski definition) is 0. The normalized spacial score (nSPS) is 15.2. The molecule has 0 bridgehead atoms. The molecule has 0 spiro atoms. The molecule has 0 fully saturated rings. The number of alkyl halides is 3. The highest BCUT2D eigenvalue weighted by Crippen LogP contribution is 2.31. The lowest BCUT2D eigenvalue weighted by Gasteiger charge is -2.22. The first-order valence-corrected chi connectivity index (χ1v) is 10.6. The van der Waals surface area contributed by atoms with Crippen LogP contribution in [0.5, 0.6) is 5.75 Å². The number of carbonyl (C=O) groups is 1. The molecule has 1 amide bonds. The molecule has 1 aliphatic heterocycles. The van der Waals surface area contributed by atoms with Gasteiger partial charge in [-0.2, -0.15) is 13.2 Å². The van der Waals surface area contributed by atoms with Gasteiger partial charge < -0.3 is 9.64 Å². The van der Waals surface area contributed by atoms with E-state index in [-0.39, 0.29) is 29.3 Å². The summed E-state index contributed by atoms with van der Waals surface area (Å²) >= 11 is 0. The number of benzene rings is 1. The molecule has 10 heteroatoms. The maximum Gasteiger partial charge on any atom is 0.425 e. The van der Waals surface area contributed by atoms with Crippen molar-refractivity contribution in [2.24, 2.45) is 0 Å². The van der Waals surface area contributed by atoms with Crippen molar-refractivity contribution in [2.45, 2.75) is 44.1 Å². The Morgan fingerprint density at radius 2 is 1.93 bits per heavy atom. The van der Waals surface area contributed by atoms with E-state index >= 15 is 0 Å². The number of fused-ring (bicyclic) bond motifs is 1. The van der Waals surface area contributed by atoms with Crippen molar-refractivity contribution in [2.75, 3.05) is 6.26 Å². The first kappa shape index (κ1) is 21.1. The van der Waals surface area contributed by atoms with Crippen molar-refractivity contribution in [3.05, 3.63) is 52.8 Å². The minimum Gasteiger partial charge on any atom is -0.480 e. The summed E-state index contributed by atoms with van der Waals surface area (Å²) in [5, 5.41) is 0. The third-order valence-corrected chi connectivity index (χ3v) is 5.67. The van der Waals surface area contributed by atoms with E-state index in [1.165, 1.54) is 4.90 Å².